The maximum Gasteiger partial charge on any atom is 0.225 e. The van der Waals surface area contributed by atoms with Gasteiger partial charge in [-0.05, 0) is 44.9 Å². The van der Waals surface area contributed by atoms with Crippen LogP contribution in [0.5, 0.6) is 5.75 Å². The maximum absolute atomic E-state index is 13.1. The quantitative estimate of drug-likeness (QED) is 0.725. The van der Waals surface area contributed by atoms with Crippen molar-refractivity contribution >= 4 is 23.4 Å². The standard InChI is InChI=1S/C21H28ClFN2O4/c1-14-12-25(13-15(2)29-14)21(27)16-5-8-24(9-6-16)20(26)7-10-28-19-4-3-17(23)11-18(19)22/h3-4,11,14-16H,5-10,12-13H2,1-2H3. The zero-order valence-electron chi connectivity index (χ0n) is 16.9. The van der Waals surface area contributed by atoms with Gasteiger partial charge in [-0.2, -0.15) is 0 Å². The molecule has 0 aromatic heterocycles. The van der Waals surface area contributed by atoms with Gasteiger partial charge < -0.3 is 19.3 Å². The van der Waals surface area contributed by atoms with Crippen molar-refractivity contribution in [2.45, 2.75) is 45.3 Å². The Balaban J connectivity index is 1.41. The van der Waals surface area contributed by atoms with Crippen molar-refractivity contribution in [1.29, 1.82) is 0 Å². The number of morpholine rings is 1. The number of piperidine rings is 1. The van der Waals surface area contributed by atoms with E-state index < -0.39 is 5.82 Å². The number of hydrogen-bond acceptors (Lipinski definition) is 4. The van der Waals surface area contributed by atoms with Gasteiger partial charge in [0.2, 0.25) is 11.8 Å². The van der Waals surface area contributed by atoms with Crippen molar-refractivity contribution in [2.24, 2.45) is 5.92 Å². The molecular weight excluding hydrogens is 399 g/mol. The van der Waals surface area contributed by atoms with Crippen molar-refractivity contribution in [1.82, 2.24) is 9.80 Å². The van der Waals surface area contributed by atoms with Gasteiger partial charge >= 0.3 is 0 Å². The number of amides is 2. The van der Waals surface area contributed by atoms with E-state index >= 15 is 0 Å². The molecule has 2 aliphatic heterocycles. The van der Waals surface area contributed by atoms with Gasteiger partial charge in [0.15, 0.2) is 0 Å². The van der Waals surface area contributed by atoms with Crippen LogP contribution in [0, 0.1) is 11.7 Å². The Morgan fingerprint density at radius 2 is 1.83 bits per heavy atom. The number of carbonyl (C=O) groups is 2. The number of rotatable bonds is 5. The summed E-state index contributed by atoms with van der Waals surface area (Å²) in [6.45, 7) is 6.55. The molecule has 2 fully saturated rings. The molecule has 29 heavy (non-hydrogen) atoms. The summed E-state index contributed by atoms with van der Waals surface area (Å²) in [5.74, 6) is 0.0536. The normalized spacial score (nSPS) is 23.2. The van der Waals surface area contributed by atoms with Crippen LogP contribution < -0.4 is 4.74 Å². The van der Waals surface area contributed by atoms with E-state index in [1.165, 1.54) is 18.2 Å². The predicted octanol–water partition coefficient (Wildman–Crippen LogP) is 3.12. The lowest BCUT2D eigenvalue weighted by atomic mass is 9.94. The summed E-state index contributed by atoms with van der Waals surface area (Å²) < 4.78 is 24.2. The first kappa shape index (κ1) is 21.8. The molecule has 2 atom stereocenters. The molecule has 8 heteroatoms. The fourth-order valence-electron chi connectivity index (χ4n) is 3.99. The SMILES string of the molecule is CC1CN(C(=O)C2CCN(C(=O)CCOc3ccc(F)cc3Cl)CC2)CC(C)O1. The highest BCUT2D eigenvalue weighted by Crippen LogP contribution is 2.25. The molecule has 0 radical (unpaired) electrons. The van der Waals surface area contributed by atoms with Crippen LogP contribution in [0.3, 0.4) is 0 Å². The fourth-order valence-corrected chi connectivity index (χ4v) is 4.21. The third-order valence-corrected chi connectivity index (χ3v) is 5.69. The zero-order valence-corrected chi connectivity index (χ0v) is 17.7. The molecule has 6 nitrogen and oxygen atoms in total. The molecule has 2 heterocycles. The van der Waals surface area contributed by atoms with Gasteiger partial charge in [0, 0.05) is 32.1 Å². The first-order chi connectivity index (χ1) is 13.8. The highest BCUT2D eigenvalue weighted by molar-refractivity contribution is 6.32. The van der Waals surface area contributed by atoms with Crippen LogP contribution in [0.2, 0.25) is 5.02 Å². The minimum Gasteiger partial charge on any atom is -0.491 e. The number of hydrogen-bond donors (Lipinski definition) is 0. The fraction of sp³-hybridized carbons (Fsp3) is 0.619. The summed E-state index contributed by atoms with van der Waals surface area (Å²) >= 11 is 5.92. The van der Waals surface area contributed by atoms with Crippen molar-refractivity contribution in [3.63, 3.8) is 0 Å². The summed E-state index contributed by atoms with van der Waals surface area (Å²) in [6.07, 6.45) is 1.67. The Labute approximate surface area is 175 Å². The molecule has 0 N–H and O–H groups in total. The molecule has 0 bridgehead atoms. The second kappa shape index (κ2) is 9.76. The topological polar surface area (TPSA) is 59.1 Å². The lowest BCUT2D eigenvalue weighted by Crippen LogP contribution is -2.51. The monoisotopic (exact) mass is 426 g/mol. The van der Waals surface area contributed by atoms with E-state index in [0.29, 0.717) is 44.8 Å². The Morgan fingerprint density at radius 3 is 2.45 bits per heavy atom. The molecule has 0 spiro atoms. The van der Waals surface area contributed by atoms with Crippen LogP contribution in [0.1, 0.15) is 33.1 Å². The Kier molecular flexibility index (Phi) is 7.35. The van der Waals surface area contributed by atoms with Gasteiger partial charge in [0.05, 0.1) is 30.3 Å². The molecule has 2 amide bonds. The second-order valence-corrected chi connectivity index (χ2v) is 8.24. The number of likely N-dealkylation sites (tertiary alicyclic amines) is 1. The highest BCUT2D eigenvalue weighted by atomic mass is 35.5. The minimum atomic E-state index is -0.433. The summed E-state index contributed by atoms with van der Waals surface area (Å²) in [5.41, 5.74) is 0. The van der Waals surface area contributed by atoms with E-state index in [9.17, 15) is 14.0 Å². The molecule has 1 aromatic carbocycles. The van der Waals surface area contributed by atoms with Crippen LogP contribution in [-0.4, -0.2) is 66.6 Å². The van der Waals surface area contributed by atoms with E-state index in [1.54, 1.807) is 4.90 Å². The van der Waals surface area contributed by atoms with Gasteiger partial charge in [0.25, 0.3) is 0 Å². The Morgan fingerprint density at radius 1 is 1.17 bits per heavy atom. The van der Waals surface area contributed by atoms with E-state index in [2.05, 4.69) is 0 Å². The largest absolute Gasteiger partial charge is 0.491 e. The van der Waals surface area contributed by atoms with Gasteiger partial charge in [-0.3, -0.25) is 9.59 Å². The summed E-state index contributed by atoms with van der Waals surface area (Å²) in [6, 6.07) is 3.89. The third kappa shape index (κ3) is 5.82. The maximum atomic E-state index is 13.1. The number of halogens is 2. The van der Waals surface area contributed by atoms with Crippen LogP contribution in [0.4, 0.5) is 4.39 Å². The molecular formula is C21H28ClFN2O4. The van der Waals surface area contributed by atoms with Crippen molar-refractivity contribution in [3.8, 4) is 5.75 Å². The Hall–Kier alpha value is -1.86. The average molecular weight is 427 g/mol. The van der Waals surface area contributed by atoms with Gasteiger partial charge in [-0.25, -0.2) is 4.39 Å². The number of carbonyl (C=O) groups excluding carboxylic acids is 2. The molecule has 0 aliphatic carbocycles. The van der Waals surface area contributed by atoms with E-state index in [0.717, 1.165) is 0 Å². The van der Waals surface area contributed by atoms with E-state index in [4.69, 9.17) is 21.1 Å². The lowest BCUT2D eigenvalue weighted by molar-refractivity contribution is -0.150. The molecule has 3 rings (SSSR count). The van der Waals surface area contributed by atoms with Gasteiger partial charge in [-0.1, -0.05) is 11.6 Å². The summed E-state index contributed by atoms with van der Waals surface area (Å²) in [4.78, 5) is 28.9. The lowest BCUT2D eigenvalue weighted by Gasteiger charge is -2.39. The van der Waals surface area contributed by atoms with Crippen molar-refractivity contribution in [3.05, 3.63) is 29.0 Å². The highest BCUT2D eigenvalue weighted by Gasteiger charge is 2.33. The van der Waals surface area contributed by atoms with Crippen LogP contribution in [0.25, 0.3) is 0 Å². The smallest absolute Gasteiger partial charge is 0.225 e. The number of ether oxygens (including phenoxy) is 2. The van der Waals surface area contributed by atoms with Crippen LogP contribution in [0.15, 0.2) is 18.2 Å². The minimum absolute atomic E-state index is 0.0113. The third-order valence-electron chi connectivity index (χ3n) is 5.40. The number of benzene rings is 1. The van der Waals surface area contributed by atoms with Gasteiger partial charge in [0.1, 0.15) is 11.6 Å². The summed E-state index contributed by atoms with van der Waals surface area (Å²) in [7, 11) is 0. The van der Waals surface area contributed by atoms with E-state index in [-0.39, 0.29) is 48.0 Å². The van der Waals surface area contributed by atoms with Crippen LogP contribution in [-0.2, 0) is 14.3 Å². The molecule has 1 aromatic rings. The average Bonchev–Trinajstić information content (AvgIpc) is 2.68. The van der Waals surface area contributed by atoms with E-state index in [1.807, 2.05) is 18.7 Å². The first-order valence-electron chi connectivity index (χ1n) is 10.1. The predicted molar refractivity (Wildman–Crippen MR) is 107 cm³/mol. The van der Waals surface area contributed by atoms with Crippen molar-refractivity contribution < 1.29 is 23.5 Å². The molecule has 2 aliphatic rings. The second-order valence-electron chi connectivity index (χ2n) is 7.83. The summed E-state index contributed by atoms with van der Waals surface area (Å²) in [5, 5.41) is 0.184. The van der Waals surface area contributed by atoms with Gasteiger partial charge in [-0.15, -0.1) is 0 Å². The van der Waals surface area contributed by atoms with Crippen LogP contribution >= 0.6 is 11.6 Å². The molecule has 160 valence electrons. The first-order valence-corrected chi connectivity index (χ1v) is 10.5. The van der Waals surface area contributed by atoms with Crippen molar-refractivity contribution in [2.75, 3.05) is 32.8 Å². The number of nitrogens with zero attached hydrogens (tertiary/aromatic N) is 2. The zero-order chi connectivity index (χ0) is 21.0. The molecule has 0 saturated carbocycles. The molecule has 2 saturated heterocycles. The Bertz CT molecular complexity index is 729. The molecule has 2 unspecified atom stereocenters.